The maximum absolute atomic E-state index is 13.4. The summed E-state index contributed by atoms with van der Waals surface area (Å²) in [7, 11) is 0. The van der Waals surface area contributed by atoms with Gasteiger partial charge in [0.25, 0.3) is 0 Å². The lowest BCUT2D eigenvalue weighted by molar-refractivity contribution is -0.191. The molecule has 20 heavy (non-hydrogen) atoms. The maximum Gasteiger partial charge on any atom is 0.404 e. The normalized spacial score (nSPS) is 31.6. The summed E-state index contributed by atoms with van der Waals surface area (Å²) >= 11 is 1.70. The largest absolute Gasteiger partial charge is 0.404 e. The molecule has 0 spiro atoms. The second kappa shape index (κ2) is 5.22. The van der Waals surface area contributed by atoms with Gasteiger partial charge in [-0.25, -0.2) is 0 Å². The molecule has 2 saturated heterocycles. The molecule has 0 aromatic carbocycles. The molecule has 0 bridgehead atoms. The highest BCUT2D eigenvalue weighted by molar-refractivity contribution is 7.99. The van der Waals surface area contributed by atoms with Gasteiger partial charge < -0.3 is 9.84 Å². The van der Waals surface area contributed by atoms with E-state index in [1.54, 1.807) is 11.8 Å². The first kappa shape index (κ1) is 14.2. The highest BCUT2D eigenvalue weighted by Crippen LogP contribution is 2.45. The number of halogens is 3. The van der Waals surface area contributed by atoms with Gasteiger partial charge in [-0.05, 0) is 31.6 Å². The minimum absolute atomic E-state index is 0.0457. The van der Waals surface area contributed by atoms with Crippen LogP contribution in [0.25, 0.3) is 0 Å². The Labute approximate surface area is 118 Å². The van der Waals surface area contributed by atoms with Crippen molar-refractivity contribution in [3.8, 4) is 0 Å². The minimum atomic E-state index is -4.37. The number of nitrogens with zero attached hydrogens (tertiary/aromatic N) is 2. The fraction of sp³-hybridized carbons (Fsp3) is 0.833. The first-order valence-electron chi connectivity index (χ1n) is 6.76. The standard InChI is InChI=1S/C12H16F3N3OS/c13-12(14,15)11(4-5-16-7-11)10-17-9(18-19-10)8-3-1-2-6-20-8/h8,16H,1-7H2. The van der Waals surface area contributed by atoms with Gasteiger partial charge in [0.2, 0.25) is 5.89 Å². The van der Waals surface area contributed by atoms with Crippen molar-refractivity contribution in [1.29, 1.82) is 0 Å². The van der Waals surface area contributed by atoms with E-state index in [0.717, 1.165) is 25.0 Å². The fourth-order valence-electron chi connectivity index (χ4n) is 2.74. The molecule has 0 aliphatic carbocycles. The molecule has 0 amide bonds. The van der Waals surface area contributed by atoms with Crippen LogP contribution in [0.1, 0.15) is 42.6 Å². The Morgan fingerprint density at radius 1 is 1.35 bits per heavy atom. The van der Waals surface area contributed by atoms with E-state index in [-0.39, 0.29) is 24.1 Å². The number of rotatable bonds is 2. The molecule has 2 aliphatic rings. The quantitative estimate of drug-likeness (QED) is 0.910. The van der Waals surface area contributed by atoms with E-state index in [1.807, 2.05) is 0 Å². The fourth-order valence-corrected chi connectivity index (χ4v) is 3.98. The zero-order valence-electron chi connectivity index (χ0n) is 10.9. The first-order valence-corrected chi connectivity index (χ1v) is 7.81. The highest BCUT2D eigenvalue weighted by atomic mass is 32.2. The monoisotopic (exact) mass is 307 g/mol. The molecule has 1 aromatic rings. The molecule has 1 N–H and O–H groups in total. The smallest absolute Gasteiger partial charge is 0.338 e. The van der Waals surface area contributed by atoms with Crippen molar-refractivity contribution in [3.63, 3.8) is 0 Å². The van der Waals surface area contributed by atoms with Crippen LogP contribution in [0, 0.1) is 0 Å². The Balaban J connectivity index is 1.87. The molecular formula is C12H16F3N3OS. The van der Waals surface area contributed by atoms with Gasteiger partial charge in [-0.15, -0.1) is 0 Å². The Morgan fingerprint density at radius 2 is 2.20 bits per heavy atom. The second-order valence-corrected chi connectivity index (χ2v) is 6.63. The van der Waals surface area contributed by atoms with Gasteiger partial charge in [0, 0.05) is 6.54 Å². The Hall–Kier alpha value is -0.760. The Bertz CT molecular complexity index is 465. The van der Waals surface area contributed by atoms with E-state index in [1.165, 1.54) is 0 Å². The highest BCUT2D eigenvalue weighted by Gasteiger charge is 2.61. The summed E-state index contributed by atoms with van der Waals surface area (Å²) in [5.41, 5.74) is -2.02. The molecule has 3 heterocycles. The number of aromatic nitrogens is 2. The van der Waals surface area contributed by atoms with E-state index in [2.05, 4.69) is 15.5 Å². The van der Waals surface area contributed by atoms with Crippen molar-refractivity contribution in [2.45, 2.75) is 42.5 Å². The van der Waals surface area contributed by atoms with Crippen molar-refractivity contribution in [1.82, 2.24) is 15.5 Å². The van der Waals surface area contributed by atoms with E-state index in [4.69, 9.17) is 4.52 Å². The lowest BCUT2D eigenvalue weighted by Gasteiger charge is -2.26. The summed E-state index contributed by atoms with van der Waals surface area (Å²) < 4.78 is 45.1. The van der Waals surface area contributed by atoms with Gasteiger partial charge in [0.05, 0.1) is 5.25 Å². The molecule has 3 rings (SSSR count). The first-order chi connectivity index (χ1) is 9.53. The molecule has 112 valence electrons. The van der Waals surface area contributed by atoms with Crippen LogP contribution in [-0.4, -0.2) is 35.2 Å². The van der Waals surface area contributed by atoms with Gasteiger partial charge in [0.1, 0.15) is 0 Å². The molecule has 0 saturated carbocycles. The number of hydrogen-bond donors (Lipinski definition) is 1. The van der Waals surface area contributed by atoms with Crippen molar-refractivity contribution in [2.24, 2.45) is 0 Å². The van der Waals surface area contributed by atoms with E-state index in [9.17, 15) is 13.2 Å². The van der Waals surface area contributed by atoms with Crippen LogP contribution >= 0.6 is 11.8 Å². The predicted octanol–water partition coefficient (Wildman–Crippen LogP) is 2.82. The lowest BCUT2D eigenvalue weighted by atomic mass is 9.86. The number of nitrogens with one attached hydrogen (secondary N) is 1. The van der Waals surface area contributed by atoms with Crippen molar-refractivity contribution >= 4 is 11.8 Å². The second-order valence-electron chi connectivity index (χ2n) is 5.32. The third-order valence-electron chi connectivity index (χ3n) is 4.02. The van der Waals surface area contributed by atoms with Crippen LogP contribution in [0.4, 0.5) is 13.2 Å². The van der Waals surface area contributed by atoms with Gasteiger partial charge in [0.15, 0.2) is 11.2 Å². The van der Waals surface area contributed by atoms with E-state index in [0.29, 0.717) is 12.4 Å². The SMILES string of the molecule is FC(F)(F)C1(c2nc(C3CCCCS3)no2)CCNC1. The molecule has 2 aliphatic heterocycles. The summed E-state index contributed by atoms with van der Waals surface area (Å²) in [5, 5.41) is 6.63. The van der Waals surface area contributed by atoms with Gasteiger partial charge in [-0.1, -0.05) is 11.6 Å². The predicted molar refractivity (Wildman–Crippen MR) is 68.6 cm³/mol. The van der Waals surface area contributed by atoms with Gasteiger partial charge in [-0.2, -0.15) is 29.9 Å². The number of alkyl halides is 3. The van der Waals surface area contributed by atoms with E-state index >= 15 is 0 Å². The molecule has 2 fully saturated rings. The third kappa shape index (κ3) is 2.32. The molecule has 0 radical (unpaired) electrons. The average Bonchev–Trinajstić information content (AvgIpc) is 3.09. The number of thioether (sulfide) groups is 1. The third-order valence-corrected chi connectivity index (χ3v) is 5.39. The van der Waals surface area contributed by atoms with Crippen LogP contribution in [0.3, 0.4) is 0 Å². The summed E-state index contributed by atoms with van der Waals surface area (Å²) in [6, 6.07) is 0. The molecular weight excluding hydrogens is 291 g/mol. The van der Waals surface area contributed by atoms with Crippen molar-refractivity contribution < 1.29 is 17.7 Å². The van der Waals surface area contributed by atoms with Crippen LogP contribution in [0.2, 0.25) is 0 Å². The van der Waals surface area contributed by atoms with Crippen molar-refractivity contribution in [2.75, 3.05) is 18.8 Å². The molecule has 8 heteroatoms. The van der Waals surface area contributed by atoms with Gasteiger partial charge >= 0.3 is 6.18 Å². The van der Waals surface area contributed by atoms with E-state index < -0.39 is 11.6 Å². The minimum Gasteiger partial charge on any atom is -0.338 e. The average molecular weight is 307 g/mol. The van der Waals surface area contributed by atoms with Crippen LogP contribution in [0.15, 0.2) is 4.52 Å². The molecule has 4 nitrogen and oxygen atoms in total. The number of hydrogen-bond acceptors (Lipinski definition) is 5. The van der Waals surface area contributed by atoms with Crippen LogP contribution in [-0.2, 0) is 5.41 Å². The molecule has 1 aromatic heterocycles. The Morgan fingerprint density at radius 3 is 2.80 bits per heavy atom. The summed E-state index contributed by atoms with van der Waals surface area (Å²) in [6.07, 6.45) is -1.31. The lowest BCUT2D eigenvalue weighted by Crippen LogP contribution is -2.44. The molecule has 2 unspecified atom stereocenters. The maximum atomic E-state index is 13.4. The Kier molecular flexibility index (Phi) is 3.70. The van der Waals surface area contributed by atoms with Gasteiger partial charge in [-0.3, -0.25) is 0 Å². The summed E-state index contributed by atoms with van der Waals surface area (Å²) in [6.45, 7) is 0.130. The zero-order valence-corrected chi connectivity index (χ0v) is 11.7. The van der Waals surface area contributed by atoms with Crippen molar-refractivity contribution in [3.05, 3.63) is 11.7 Å². The van der Waals surface area contributed by atoms with Crippen LogP contribution < -0.4 is 5.32 Å². The summed E-state index contributed by atoms with van der Waals surface area (Å²) in [4.78, 5) is 4.10. The van der Waals surface area contributed by atoms with Crippen LogP contribution in [0.5, 0.6) is 0 Å². The zero-order chi connectivity index (χ0) is 14.2. The molecule has 2 atom stereocenters. The summed E-state index contributed by atoms with van der Waals surface area (Å²) in [5.74, 6) is 1.14. The topological polar surface area (TPSA) is 51.0 Å².